The topological polar surface area (TPSA) is 64.7 Å². The summed E-state index contributed by atoms with van der Waals surface area (Å²) in [6.07, 6.45) is 2.28. The van der Waals surface area contributed by atoms with E-state index in [1.54, 1.807) is 0 Å². The third kappa shape index (κ3) is 4.99. The number of nitrogens with one attached hydrogen (secondary N) is 2. The highest BCUT2D eigenvalue weighted by atomic mass is 16.2. The molecular formula is C23H34N4O2. The molecule has 2 aliphatic rings. The number of carbonyl (C=O) groups excluding carboxylic acids is 2. The summed E-state index contributed by atoms with van der Waals surface area (Å²) in [5.41, 5.74) is 3.68. The van der Waals surface area contributed by atoms with Crippen LogP contribution >= 0.6 is 0 Å². The molecule has 0 bridgehead atoms. The number of carbonyl (C=O) groups is 2. The van der Waals surface area contributed by atoms with E-state index in [4.69, 9.17) is 0 Å². The van der Waals surface area contributed by atoms with Crippen molar-refractivity contribution in [3.63, 3.8) is 0 Å². The first kappa shape index (κ1) is 21.4. The minimum Gasteiger partial charge on any atom is -0.357 e. The molecule has 0 radical (unpaired) electrons. The predicted molar refractivity (Wildman–Crippen MR) is 118 cm³/mol. The van der Waals surface area contributed by atoms with Crippen molar-refractivity contribution in [3.05, 3.63) is 35.5 Å². The van der Waals surface area contributed by atoms with Crippen LogP contribution in [-0.2, 0) is 9.59 Å². The number of allylic oxidation sites excluding steroid dienone is 1. The molecule has 6 nitrogen and oxygen atoms in total. The number of rotatable bonds is 6. The van der Waals surface area contributed by atoms with Crippen molar-refractivity contribution in [2.75, 3.05) is 43.9 Å². The summed E-state index contributed by atoms with van der Waals surface area (Å²) < 4.78 is 0. The highest BCUT2D eigenvalue weighted by molar-refractivity contribution is 6.01. The van der Waals surface area contributed by atoms with Crippen LogP contribution in [0.3, 0.4) is 0 Å². The second kappa shape index (κ2) is 8.57. The molecule has 0 fully saturated rings. The van der Waals surface area contributed by atoms with Crippen LogP contribution in [0.15, 0.2) is 35.5 Å². The van der Waals surface area contributed by atoms with Gasteiger partial charge in [0.25, 0.3) is 0 Å². The van der Waals surface area contributed by atoms with Gasteiger partial charge in [0, 0.05) is 24.2 Å². The smallest absolute Gasteiger partial charge is 0.239 e. The summed E-state index contributed by atoms with van der Waals surface area (Å²) in [7, 11) is 4.05. The molecule has 1 unspecified atom stereocenters. The van der Waals surface area contributed by atoms with E-state index in [0.29, 0.717) is 13.0 Å². The molecule has 6 heteroatoms. The highest BCUT2D eigenvalue weighted by Crippen LogP contribution is 2.43. The minimum atomic E-state index is -0.155. The monoisotopic (exact) mass is 398 g/mol. The molecule has 29 heavy (non-hydrogen) atoms. The number of para-hydroxylation sites is 2. The molecule has 0 spiro atoms. The average molecular weight is 399 g/mol. The molecule has 1 aliphatic carbocycles. The summed E-state index contributed by atoms with van der Waals surface area (Å²) in [5, 5.41) is 6.55. The molecule has 1 amide bonds. The van der Waals surface area contributed by atoms with Crippen LogP contribution in [0.5, 0.6) is 0 Å². The highest BCUT2D eigenvalue weighted by Gasteiger charge is 2.39. The van der Waals surface area contributed by atoms with Crippen LogP contribution < -0.4 is 15.5 Å². The van der Waals surface area contributed by atoms with E-state index in [-0.39, 0.29) is 29.7 Å². The number of anilines is 2. The number of Topliss-reactive ketones (excluding diaryl/α,β-unsaturated/α-hetero) is 1. The van der Waals surface area contributed by atoms with Crippen molar-refractivity contribution in [3.8, 4) is 0 Å². The lowest BCUT2D eigenvalue weighted by Gasteiger charge is -2.36. The largest absolute Gasteiger partial charge is 0.357 e. The molecule has 0 saturated carbocycles. The van der Waals surface area contributed by atoms with E-state index < -0.39 is 0 Å². The number of amides is 1. The van der Waals surface area contributed by atoms with E-state index in [1.165, 1.54) is 0 Å². The first-order valence-corrected chi connectivity index (χ1v) is 10.5. The summed E-state index contributed by atoms with van der Waals surface area (Å²) in [5.74, 6) is 0.165. The van der Waals surface area contributed by atoms with Gasteiger partial charge >= 0.3 is 0 Å². The van der Waals surface area contributed by atoms with E-state index in [2.05, 4.69) is 34.3 Å². The Hall–Kier alpha value is -2.34. The maximum atomic E-state index is 13.0. The number of benzene rings is 1. The van der Waals surface area contributed by atoms with Gasteiger partial charge in [0.05, 0.1) is 24.0 Å². The van der Waals surface area contributed by atoms with Gasteiger partial charge in [-0.25, -0.2) is 0 Å². The molecule has 0 saturated heterocycles. The Morgan fingerprint density at radius 2 is 2.00 bits per heavy atom. The summed E-state index contributed by atoms with van der Waals surface area (Å²) in [4.78, 5) is 29.9. The zero-order valence-corrected chi connectivity index (χ0v) is 18.3. The first-order chi connectivity index (χ1) is 13.7. The fourth-order valence-corrected chi connectivity index (χ4v) is 4.34. The van der Waals surface area contributed by atoms with Crippen molar-refractivity contribution in [1.29, 1.82) is 0 Å². The van der Waals surface area contributed by atoms with Crippen molar-refractivity contribution >= 4 is 23.1 Å². The molecule has 2 N–H and O–H groups in total. The van der Waals surface area contributed by atoms with Gasteiger partial charge in [0.15, 0.2) is 5.78 Å². The molecule has 3 rings (SSSR count). The lowest BCUT2D eigenvalue weighted by molar-refractivity contribution is -0.120. The van der Waals surface area contributed by atoms with Gasteiger partial charge in [0.1, 0.15) is 0 Å². The van der Waals surface area contributed by atoms with Crippen LogP contribution in [0.1, 0.15) is 40.0 Å². The van der Waals surface area contributed by atoms with Crippen LogP contribution in [0.25, 0.3) is 0 Å². The maximum Gasteiger partial charge on any atom is 0.239 e. The van der Waals surface area contributed by atoms with Gasteiger partial charge in [-0.2, -0.15) is 0 Å². The molecular weight excluding hydrogens is 364 g/mol. The lowest BCUT2D eigenvalue weighted by atomic mass is 9.74. The zero-order valence-electron chi connectivity index (χ0n) is 18.3. The summed E-state index contributed by atoms with van der Waals surface area (Å²) >= 11 is 0. The predicted octanol–water partition coefficient (Wildman–Crippen LogP) is 3.02. The molecule has 1 atom stereocenters. The number of nitrogens with zero attached hydrogens (tertiary/aromatic N) is 2. The fourth-order valence-electron chi connectivity index (χ4n) is 4.34. The first-order valence-electron chi connectivity index (χ1n) is 10.5. The van der Waals surface area contributed by atoms with Crippen LogP contribution in [-0.4, -0.2) is 56.4 Å². The Labute approximate surface area is 174 Å². The van der Waals surface area contributed by atoms with Crippen molar-refractivity contribution in [2.24, 2.45) is 5.41 Å². The SMILES string of the molecule is CC1C2=C(CC(C)(C)CC2=O)Nc2ccccc2N1CC(=O)NCCCN(C)C. The van der Waals surface area contributed by atoms with Gasteiger partial charge in [-0.15, -0.1) is 0 Å². The van der Waals surface area contributed by atoms with E-state index in [0.717, 1.165) is 42.0 Å². The Bertz CT molecular complexity index is 813. The van der Waals surface area contributed by atoms with Crippen molar-refractivity contribution < 1.29 is 9.59 Å². The average Bonchev–Trinajstić information content (AvgIpc) is 2.72. The molecule has 1 aliphatic heterocycles. The number of hydrogen-bond donors (Lipinski definition) is 2. The standard InChI is InChI=1S/C23H34N4O2/c1-16-22-18(13-23(2,3)14-20(22)28)25-17-9-6-7-10-19(17)27(16)15-21(29)24-11-8-12-26(4)5/h6-7,9-10,16,25H,8,11-15H2,1-5H3,(H,24,29). The molecule has 158 valence electrons. The van der Waals surface area contributed by atoms with Gasteiger partial charge in [0.2, 0.25) is 5.91 Å². The van der Waals surface area contributed by atoms with E-state index in [1.807, 2.05) is 45.3 Å². The van der Waals surface area contributed by atoms with Crippen molar-refractivity contribution in [1.82, 2.24) is 10.2 Å². The third-order valence-electron chi connectivity index (χ3n) is 5.72. The lowest BCUT2D eigenvalue weighted by Crippen LogP contribution is -2.45. The fraction of sp³-hybridized carbons (Fsp3) is 0.565. The Morgan fingerprint density at radius 1 is 1.28 bits per heavy atom. The van der Waals surface area contributed by atoms with Crippen LogP contribution in [0.4, 0.5) is 11.4 Å². The Balaban J connectivity index is 1.84. The van der Waals surface area contributed by atoms with Crippen LogP contribution in [0.2, 0.25) is 0 Å². The second-order valence-corrected chi connectivity index (χ2v) is 9.29. The van der Waals surface area contributed by atoms with Crippen molar-refractivity contribution in [2.45, 2.75) is 46.1 Å². The quantitative estimate of drug-likeness (QED) is 0.721. The number of fused-ring (bicyclic) bond motifs is 1. The zero-order chi connectivity index (χ0) is 21.2. The van der Waals surface area contributed by atoms with Gasteiger partial charge in [-0.1, -0.05) is 26.0 Å². The van der Waals surface area contributed by atoms with Gasteiger partial charge in [-0.05, 0) is 58.0 Å². The minimum absolute atomic E-state index is 0.0157. The number of ketones is 1. The molecule has 0 aromatic heterocycles. The molecule has 1 aromatic carbocycles. The summed E-state index contributed by atoms with van der Waals surface area (Å²) in [6, 6.07) is 7.85. The maximum absolute atomic E-state index is 13.0. The van der Waals surface area contributed by atoms with E-state index in [9.17, 15) is 9.59 Å². The Morgan fingerprint density at radius 3 is 2.72 bits per heavy atom. The third-order valence-corrected chi connectivity index (χ3v) is 5.72. The molecule has 1 aromatic rings. The molecule has 1 heterocycles. The second-order valence-electron chi connectivity index (χ2n) is 9.29. The Kier molecular flexibility index (Phi) is 6.32. The normalized spacial score (nSPS) is 20.7. The van der Waals surface area contributed by atoms with Gasteiger partial charge in [-0.3, -0.25) is 9.59 Å². The summed E-state index contributed by atoms with van der Waals surface area (Å²) in [6.45, 7) is 8.13. The number of hydrogen-bond acceptors (Lipinski definition) is 5. The van der Waals surface area contributed by atoms with E-state index >= 15 is 0 Å². The van der Waals surface area contributed by atoms with Crippen LogP contribution in [0, 0.1) is 5.41 Å². The van der Waals surface area contributed by atoms with Gasteiger partial charge < -0.3 is 20.4 Å².